The van der Waals surface area contributed by atoms with Crippen molar-refractivity contribution in [2.75, 3.05) is 31.9 Å². The molecule has 5 nitrogen and oxygen atoms in total. The lowest BCUT2D eigenvalue weighted by atomic mass is 10.2. The van der Waals surface area contributed by atoms with Crippen molar-refractivity contribution in [1.29, 1.82) is 0 Å². The highest BCUT2D eigenvalue weighted by atomic mass is 32.2. The van der Waals surface area contributed by atoms with Gasteiger partial charge in [0.1, 0.15) is 0 Å². The van der Waals surface area contributed by atoms with E-state index in [1.807, 2.05) is 6.92 Å². The molecule has 2 rings (SSSR count). The van der Waals surface area contributed by atoms with Crippen LogP contribution >= 0.6 is 0 Å². The molecule has 1 heterocycles. The first-order valence-electron chi connectivity index (χ1n) is 7.50. The topological polar surface area (TPSA) is 66.6 Å². The van der Waals surface area contributed by atoms with E-state index in [2.05, 4.69) is 18.7 Å². The third-order valence-electron chi connectivity index (χ3n) is 4.34. The second-order valence-corrected chi connectivity index (χ2v) is 7.48. The van der Waals surface area contributed by atoms with Gasteiger partial charge < -0.3 is 5.73 Å². The van der Waals surface area contributed by atoms with Gasteiger partial charge in [0.25, 0.3) is 0 Å². The average Bonchev–Trinajstić information content (AvgIpc) is 2.93. The number of nitrogen functional groups attached to an aromatic ring is 1. The van der Waals surface area contributed by atoms with E-state index in [0.717, 1.165) is 25.1 Å². The van der Waals surface area contributed by atoms with Gasteiger partial charge in [-0.1, -0.05) is 19.9 Å². The zero-order chi connectivity index (χ0) is 15.6. The number of nitrogens with zero attached hydrogens (tertiary/aromatic N) is 2. The molecule has 1 unspecified atom stereocenters. The summed E-state index contributed by atoms with van der Waals surface area (Å²) in [5.41, 5.74) is 7.27. The number of hydrogen-bond donors (Lipinski definition) is 1. The Morgan fingerprint density at radius 1 is 1.33 bits per heavy atom. The van der Waals surface area contributed by atoms with Gasteiger partial charge in [0.05, 0.1) is 4.90 Å². The lowest BCUT2D eigenvalue weighted by molar-refractivity contribution is 0.224. The highest BCUT2D eigenvalue weighted by molar-refractivity contribution is 7.89. The molecule has 0 bridgehead atoms. The number of rotatable bonds is 5. The second-order valence-electron chi connectivity index (χ2n) is 5.55. The van der Waals surface area contributed by atoms with E-state index in [1.165, 1.54) is 0 Å². The SMILES string of the molecule is CCN(CC)C1CCN(S(=O)(=O)c2ccc(C)c(N)c2)C1. The van der Waals surface area contributed by atoms with Crippen molar-refractivity contribution in [1.82, 2.24) is 9.21 Å². The molecule has 0 spiro atoms. The molecule has 0 saturated carbocycles. The number of likely N-dealkylation sites (N-methyl/N-ethyl adjacent to an activating group) is 1. The fraction of sp³-hybridized carbons (Fsp3) is 0.600. The molecule has 1 aliphatic rings. The van der Waals surface area contributed by atoms with E-state index in [0.29, 0.717) is 29.7 Å². The van der Waals surface area contributed by atoms with Crippen molar-refractivity contribution in [3.05, 3.63) is 23.8 Å². The molecule has 1 fully saturated rings. The largest absolute Gasteiger partial charge is 0.398 e. The van der Waals surface area contributed by atoms with Crippen molar-refractivity contribution in [3.63, 3.8) is 0 Å². The molecule has 0 aliphatic carbocycles. The van der Waals surface area contributed by atoms with Crippen molar-refractivity contribution in [2.45, 2.75) is 38.1 Å². The fourth-order valence-corrected chi connectivity index (χ4v) is 4.42. The van der Waals surface area contributed by atoms with Gasteiger partial charge >= 0.3 is 0 Å². The zero-order valence-corrected chi connectivity index (χ0v) is 13.9. The molecule has 1 aromatic rings. The molecule has 0 amide bonds. The van der Waals surface area contributed by atoms with E-state index >= 15 is 0 Å². The molecule has 2 N–H and O–H groups in total. The maximum atomic E-state index is 12.7. The van der Waals surface area contributed by atoms with Crippen molar-refractivity contribution in [2.24, 2.45) is 0 Å². The van der Waals surface area contributed by atoms with Gasteiger partial charge in [0.2, 0.25) is 10.0 Å². The Morgan fingerprint density at radius 2 is 2.00 bits per heavy atom. The van der Waals surface area contributed by atoms with Gasteiger partial charge in [-0.3, -0.25) is 4.90 Å². The summed E-state index contributed by atoms with van der Waals surface area (Å²) < 4.78 is 27.0. The normalized spacial score (nSPS) is 20.3. The van der Waals surface area contributed by atoms with Crippen LogP contribution in [0.4, 0.5) is 5.69 Å². The molecular formula is C15H25N3O2S. The smallest absolute Gasteiger partial charge is 0.243 e. The van der Waals surface area contributed by atoms with Crippen LogP contribution in [0.5, 0.6) is 0 Å². The molecule has 0 radical (unpaired) electrons. The Morgan fingerprint density at radius 3 is 2.57 bits per heavy atom. The molecular weight excluding hydrogens is 286 g/mol. The monoisotopic (exact) mass is 311 g/mol. The quantitative estimate of drug-likeness (QED) is 0.840. The fourth-order valence-electron chi connectivity index (χ4n) is 2.90. The van der Waals surface area contributed by atoms with Gasteiger partial charge in [0.15, 0.2) is 0 Å². The van der Waals surface area contributed by atoms with E-state index in [1.54, 1.807) is 22.5 Å². The number of benzene rings is 1. The van der Waals surface area contributed by atoms with Crippen LogP contribution in [0.3, 0.4) is 0 Å². The van der Waals surface area contributed by atoms with Crippen LogP contribution in [0.25, 0.3) is 0 Å². The molecule has 6 heteroatoms. The van der Waals surface area contributed by atoms with Crippen LogP contribution in [0, 0.1) is 6.92 Å². The average molecular weight is 311 g/mol. The first-order chi connectivity index (χ1) is 9.90. The highest BCUT2D eigenvalue weighted by Crippen LogP contribution is 2.25. The molecule has 1 atom stereocenters. The summed E-state index contributed by atoms with van der Waals surface area (Å²) >= 11 is 0. The number of nitrogens with two attached hydrogens (primary N) is 1. The number of hydrogen-bond acceptors (Lipinski definition) is 4. The highest BCUT2D eigenvalue weighted by Gasteiger charge is 2.34. The molecule has 1 aliphatic heterocycles. The summed E-state index contributed by atoms with van der Waals surface area (Å²) in [7, 11) is -3.43. The minimum atomic E-state index is -3.43. The Hall–Kier alpha value is -1.11. The van der Waals surface area contributed by atoms with Gasteiger partial charge in [-0.05, 0) is 44.1 Å². The van der Waals surface area contributed by atoms with E-state index in [4.69, 9.17) is 5.73 Å². The van der Waals surface area contributed by atoms with Gasteiger partial charge in [-0.25, -0.2) is 8.42 Å². The standard InChI is InChI=1S/C15H25N3O2S/c1-4-17(5-2)13-8-9-18(11-13)21(19,20)14-7-6-12(3)15(16)10-14/h6-7,10,13H,4-5,8-9,11,16H2,1-3H3. The van der Waals surface area contributed by atoms with Crippen LogP contribution in [0.15, 0.2) is 23.1 Å². The number of sulfonamides is 1. The van der Waals surface area contributed by atoms with Crippen LogP contribution in [-0.4, -0.2) is 49.8 Å². The predicted molar refractivity (Wildman–Crippen MR) is 85.7 cm³/mol. The minimum absolute atomic E-state index is 0.297. The predicted octanol–water partition coefficient (Wildman–Crippen LogP) is 1.68. The molecule has 1 saturated heterocycles. The molecule has 1 aromatic carbocycles. The number of aryl methyl sites for hydroxylation is 1. The van der Waals surface area contributed by atoms with E-state index in [-0.39, 0.29) is 0 Å². The van der Waals surface area contributed by atoms with Crippen LogP contribution in [0.2, 0.25) is 0 Å². The summed E-state index contributed by atoms with van der Waals surface area (Å²) in [5, 5.41) is 0. The zero-order valence-electron chi connectivity index (χ0n) is 13.0. The van der Waals surface area contributed by atoms with Gasteiger partial charge in [-0.15, -0.1) is 0 Å². The lowest BCUT2D eigenvalue weighted by Gasteiger charge is -2.26. The third kappa shape index (κ3) is 3.22. The number of anilines is 1. The summed E-state index contributed by atoms with van der Waals surface area (Å²) in [4.78, 5) is 2.62. The van der Waals surface area contributed by atoms with Crippen molar-refractivity contribution < 1.29 is 8.42 Å². The molecule has 0 aromatic heterocycles. The van der Waals surface area contributed by atoms with Gasteiger partial charge in [0, 0.05) is 24.8 Å². The minimum Gasteiger partial charge on any atom is -0.398 e. The molecule has 21 heavy (non-hydrogen) atoms. The maximum absolute atomic E-state index is 12.7. The van der Waals surface area contributed by atoms with Crippen LogP contribution in [0.1, 0.15) is 25.8 Å². The third-order valence-corrected chi connectivity index (χ3v) is 6.20. The van der Waals surface area contributed by atoms with Crippen molar-refractivity contribution >= 4 is 15.7 Å². The summed E-state index contributed by atoms with van der Waals surface area (Å²) in [6.07, 6.45) is 0.891. The lowest BCUT2D eigenvalue weighted by Crippen LogP contribution is -2.38. The Balaban J connectivity index is 2.19. The maximum Gasteiger partial charge on any atom is 0.243 e. The first kappa shape index (κ1) is 16.3. The van der Waals surface area contributed by atoms with Crippen LogP contribution in [-0.2, 0) is 10.0 Å². The summed E-state index contributed by atoms with van der Waals surface area (Å²) in [6.45, 7) is 9.15. The van der Waals surface area contributed by atoms with Crippen molar-refractivity contribution in [3.8, 4) is 0 Å². The second kappa shape index (κ2) is 6.34. The Bertz CT molecular complexity index is 597. The first-order valence-corrected chi connectivity index (χ1v) is 8.94. The molecule has 118 valence electrons. The summed E-state index contributed by atoms with van der Waals surface area (Å²) in [5.74, 6) is 0. The Kier molecular flexibility index (Phi) is 4.91. The Labute approximate surface area is 127 Å². The van der Waals surface area contributed by atoms with Crippen LogP contribution < -0.4 is 5.73 Å². The van der Waals surface area contributed by atoms with Gasteiger partial charge in [-0.2, -0.15) is 4.31 Å². The summed E-state index contributed by atoms with van der Waals surface area (Å²) in [6, 6.07) is 5.29. The van der Waals surface area contributed by atoms with E-state index < -0.39 is 10.0 Å². The van der Waals surface area contributed by atoms with E-state index in [9.17, 15) is 8.42 Å².